The molecule has 108 valence electrons. The van der Waals surface area contributed by atoms with Crippen LogP contribution in [0.4, 0.5) is 0 Å². The Hall–Kier alpha value is -2.37. The summed E-state index contributed by atoms with van der Waals surface area (Å²) in [7, 11) is 0. The third-order valence-electron chi connectivity index (χ3n) is 2.82. The number of rotatable bonds is 7. The van der Waals surface area contributed by atoms with Crippen molar-refractivity contribution >= 4 is 17.8 Å². The maximum atomic E-state index is 11.9. The first-order valence-corrected chi connectivity index (χ1v) is 6.32. The molecule has 0 saturated heterocycles. The molecule has 6 heteroatoms. The van der Waals surface area contributed by atoms with Crippen LogP contribution < -0.4 is 5.32 Å². The van der Waals surface area contributed by atoms with E-state index >= 15 is 0 Å². The number of carbonyl (C=O) groups excluding carboxylic acids is 1. The third-order valence-corrected chi connectivity index (χ3v) is 2.82. The number of benzene rings is 1. The number of hydrogen-bond acceptors (Lipinski definition) is 3. The molecule has 0 aromatic heterocycles. The highest BCUT2D eigenvalue weighted by molar-refractivity contribution is 5.99. The second kappa shape index (κ2) is 7.28. The van der Waals surface area contributed by atoms with Crippen LogP contribution in [0.3, 0.4) is 0 Å². The SMILES string of the molecule is CCCC[C@H](NC(=O)c1cccc(C(=O)O)c1)C(=O)O. The van der Waals surface area contributed by atoms with E-state index in [2.05, 4.69) is 5.32 Å². The summed E-state index contributed by atoms with van der Waals surface area (Å²) in [6.07, 6.45) is 1.86. The molecule has 6 nitrogen and oxygen atoms in total. The van der Waals surface area contributed by atoms with E-state index in [1.54, 1.807) is 0 Å². The Morgan fingerprint density at radius 1 is 1.20 bits per heavy atom. The molecule has 0 saturated carbocycles. The Balaban J connectivity index is 2.80. The molecule has 0 bridgehead atoms. The van der Waals surface area contributed by atoms with Gasteiger partial charge in [0.05, 0.1) is 5.56 Å². The highest BCUT2D eigenvalue weighted by Crippen LogP contribution is 2.07. The molecule has 1 aromatic rings. The highest BCUT2D eigenvalue weighted by Gasteiger charge is 2.20. The molecule has 3 N–H and O–H groups in total. The lowest BCUT2D eigenvalue weighted by Gasteiger charge is -2.14. The first-order chi connectivity index (χ1) is 9.45. The van der Waals surface area contributed by atoms with E-state index < -0.39 is 23.9 Å². The van der Waals surface area contributed by atoms with Crippen molar-refractivity contribution in [2.75, 3.05) is 0 Å². The summed E-state index contributed by atoms with van der Waals surface area (Å²) >= 11 is 0. The van der Waals surface area contributed by atoms with Gasteiger partial charge in [0.1, 0.15) is 6.04 Å². The lowest BCUT2D eigenvalue weighted by molar-refractivity contribution is -0.139. The quantitative estimate of drug-likeness (QED) is 0.705. The molecule has 1 amide bonds. The van der Waals surface area contributed by atoms with Gasteiger partial charge < -0.3 is 15.5 Å². The van der Waals surface area contributed by atoms with Crippen LogP contribution in [0, 0.1) is 0 Å². The van der Waals surface area contributed by atoms with Gasteiger partial charge in [0.15, 0.2) is 0 Å². The number of nitrogens with one attached hydrogen (secondary N) is 1. The molecule has 1 aromatic carbocycles. The summed E-state index contributed by atoms with van der Waals surface area (Å²) in [5.41, 5.74) is 0.116. The molecule has 0 unspecified atom stereocenters. The molecule has 0 aliphatic rings. The molecule has 0 fully saturated rings. The van der Waals surface area contributed by atoms with Crippen molar-refractivity contribution in [3.63, 3.8) is 0 Å². The van der Waals surface area contributed by atoms with Gasteiger partial charge in [-0.3, -0.25) is 4.79 Å². The Labute approximate surface area is 116 Å². The number of carboxylic acid groups (broad SMARTS) is 2. The standard InChI is InChI=1S/C14H17NO5/c1-2-3-7-11(14(19)20)15-12(16)9-5-4-6-10(8-9)13(17)18/h4-6,8,11H,2-3,7H2,1H3,(H,15,16)(H,17,18)(H,19,20)/t11-/m0/s1. The number of carbonyl (C=O) groups is 3. The van der Waals surface area contributed by atoms with Crippen molar-refractivity contribution in [2.45, 2.75) is 32.2 Å². The van der Waals surface area contributed by atoms with Crippen LogP contribution in [-0.4, -0.2) is 34.1 Å². The summed E-state index contributed by atoms with van der Waals surface area (Å²) < 4.78 is 0. The van der Waals surface area contributed by atoms with E-state index in [0.717, 1.165) is 6.42 Å². The van der Waals surface area contributed by atoms with Gasteiger partial charge in [-0.25, -0.2) is 9.59 Å². The minimum absolute atomic E-state index is 0.0157. The number of hydrogen-bond donors (Lipinski definition) is 3. The van der Waals surface area contributed by atoms with E-state index in [9.17, 15) is 14.4 Å². The smallest absolute Gasteiger partial charge is 0.335 e. The van der Waals surface area contributed by atoms with Gasteiger partial charge in [-0.2, -0.15) is 0 Å². The fourth-order valence-corrected chi connectivity index (χ4v) is 1.70. The van der Waals surface area contributed by atoms with Gasteiger partial charge in [-0.1, -0.05) is 25.8 Å². The van der Waals surface area contributed by atoms with Crippen LogP contribution in [-0.2, 0) is 4.79 Å². The largest absolute Gasteiger partial charge is 0.480 e. The monoisotopic (exact) mass is 279 g/mol. The van der Waals surface area contributed by atoms with Crippen LogP contribution in [0.2, 0.25) is 0 Å². The molecular weight excluding hydrogens is 262 g/mol. The lowest BCUT2D eigenvalue weighted by atomic mass is 10.1. The van der Waals surface area contributed by atoms with Gasteiger partial charge in [0.25, 0.3) is 5.91 Å². The predicted molar refractivity (Wildman–Crippen MR) is 71.8 cm³/mol. The van der Waals surface area contributed by atoms with E-state index in [1.165, 1.54) is 24.3 Å². The van der Waals surface area contributed by atoms with Crippen LogP contribution in [0.5, 0.6) is 0 Å². The van der Waals surface area contributed by atoms with Crippen molar-refractivity contribution in [2.24, 2.45) is 0 Å². The second-order valence-corrected chi connectivity index (χ2v) is 4.39. The highest BCUT2D eigenvalue weighted by atomic mass is 16.4. The molecule has 0 radical (unpaired) electrons. The number of unbranched alkanes of at least 4 members (excludes halogenated alkanes) is 1. The maximum Gasteiger partial charge on any atom is 0.335 e. The molecule has 0 aliphatic carbocycles. The molecule has 1 rings (SSSR count). The summed E-state index contributed by atoms with van der Waals surface area (Å²) in [4.78, 5) is 33.8. The van der Waals surface area contributed by atoms with E-state index in [0.29, 0.717) is 12.8 Å². The Morgan fingerprint density at radius 3 is 2.40 bits per heavy atom. The van der Waals surface area contributed by atoms with Crippen molar-refractivity contribution in [3.8, 4) is 0 Å². The van der Waals surface area contributed by atoms with Gasteiger partial charge in [0.2, 0.25) is 0 Å². The number of aromatic carboxylic acids is 1. The van der Waals surface area contributed by atoms with Gasteiger partial charge >= 0.3 is 11.9 Å². The minimum atomic E-state index is -1.14. The summed E-state index contributed by atoms with van der Waals surface area (Å²) in [6.45, 7) is 1.93. The molecule has 0 heterocycles. The average Bonchev–Trinajstić information content (AvgIpc) is 2.42. The zero-order chi connectivity index (χ0) is 15.1. The van der Waals surface area contributed by atoms with E-state index in [-0.39, 0.29) is 11.1 Å². The van der Waals surface area contributed by atoms with Crippen LogP contribution in [0.1, 0.15) is 46.9 Å². The van der Waals surface area contributed by atoms with Crippen molar-refractivity contribution in [1.29, 1.82) is 0 Å². The van der Waals surface area contributed by atoms with Gasteiger partial charge in [-0.05, 0) is 24.6 Å². The second-order valence-electron chi connectivity index (χ2n) is 4.39. The Bertz CT molecular complexity index is 512. The Kier molecular flexibility index (Phi) is 5.71. The van der Waals surface area contributed by atoms with Gasteiger partial charge in [0, 0.05) is 5.56 Å². The fourth-order valence-electron chi connectivity index (χ4n) is 1.70. The van der Waals surface area contributed by atoms with Crippen molar-refractivity contribution in [1.82, 2.24) is 5.32 Å². The molecule has 20 heavy (non-hydrogen) atoms. The zero-order valence-electron chi connectivity index (χ0n) is 11.1. The average molecular weight is 279 g/mol. The van der Waals surface area contributed by atoms with E-state index in [4.69, 9.17) is 10.2 Å². The van der Waals surface area contributed by atoms with E-state index in [1.807, 2.05) is 6.92 Å². The maximum absolute atomic E-state index is 11.9. The van der Waals surface area contributed by atoms with Crippen molar-refractivity contribution < 1.29 is 24.6 Å². The van der Waals surface area contributed by atoms with Crippen LogP contribution >= 0.6 is 0 Å². The summed E-state index contributed by atoms with van der Waals surface area (Å²) in [5, 5.41) is 20.3. The number of carboxylic acids is 2. The predicted octanol–water partition coefficient (Wildman–Crippen LogP) is 1.76. The zero-order valence-corrected chi connectivity index (χ0v) is 11.1. The van der Waals surface area contributed by atoms with Crippen LogP contribution in [0.25, 0.3) is 0 Å². The van der Waals surface area contributed by atoms with Crippen molar-refractivity contribution in [3.05, 3.63) is 35.4 Å². The number of amides is 1. The normalized spacial score (nSPS) is 11.7. The topological polar surface area (TPSA) is 104 Å². The summed E-state index contributed by atoms with van der Waals surface area (Å²) in [5.74, 6) is -2.82. The van der Waals surface area contributed by atoms with Crippen LogP contribution in [0.15, 0.2) is 24.3 Å². The lowest BCUT2D eigenvalue weighted by Crippen LogP contribution is -2.40. The Morgan fingerprint density at radius 2 is 1.85 bits per heavy atom. The molecule has 0 aliphatic heterocycles. The first-order valence-electron chi connectivity index (χ1n) is 6.32. The first kappa shape index (κ1) is 15.7. The van der Waals surface area contributed by atoms with Gasteiger partial charge in [-0.15, -0.1) is 0 Å². The minimum Gasteiger partial charge on any atom is -0.480 e. The molecular formula is C14H17NO5. The number of aliphatic carboxylic acids is 1. The molecule has 0 spiro atoms. The fraction of sp³-hybridized carbons (Fsp3) is 0.357. The third kappa shape index (κ3) is 4.38. The summed E-state index contributed by atoms with van der Waals surface area (Å²) in [6, 6.07) is 4.51. The molecule has 1 atom stereocenters.